The van der Waals surface area contributed by atoms with E-state index in [-0.39, 0.29) is 5.56 Å². The maximum atomic E-state index is 13.1. The first-order valence-electron chi connectivity index (χ1n) is 8.26. The van der Waals surface area contributed by atoms with Crippen molar-refractivity contribution in [2.75, 3.05) is 13.6 Å². The van der Waals surface area contributed by atoms with Crippen LogP contribution in [-0.2, 0) is 25.9 Å². The quantitative estimate of drug-likeness (QED) is 0.703. The highest BCUT2D eigenvalue weighted by atomic mass is 32.1. The minimum Gasteiger partial charge on any atom is -0.333 e. The Morgan fingerprint density at radius 1 is 1.33 bits per heavy atom. The lowest BCUT2D eigenvalue weighted by molar-refractivity contribution is -0.895. The van der Waals surface area contributed by atoms with Gasteiger partial charge in [0.1, 0.15) is 11.4 Å². The number of benzene rings is 1. The van der Waals surface area contributed by atoms with Crippen LogP contribution in [0.4, 0.5) is 0 Å². The van der Waals surface area contributed by atoms with E-state index in [0.717, 1.165) is 36.1 Å². The van der Waals surface area contributed by atoms with Gasteiger partial charge in [-0.25, -0.2) is 0 Å². The topological polar surface area (TPSA) is 42.2 Å². The SMILES string of the molecule is C[NH+]1CCc2c(sc3[nH]c(=S)n(CCc4ccccc4)c(=O)c23)C1. The van der Waals surface area contributed by atoms with Crippen LogP contribution < -0.4 is 10.5 Å². The largest absolute Gasteiger partial charge is 0.333 e. The highest BCUT2D eigenvalue weighted by Gasteiger charge is 2.24. The van der Waals surface area contributed by atoms with Crippen LogP contribution in [0.15, 0.2) is 35.1 Å². The van der Waals surface area contributed by atoms with Crippen molar-refractivity contribution in [2.45, 2.75) is 25.9 Å². The lowest BCUT2D eigenvalue weighted by Crippen LogP contribution is -3.08. The molecule has 2 aromatic heterocycles. The lowest BCUT2D eigenvalue weighted by Gasteiger charge is -2.19. The average Bonchev–Trinajstić information content (AvgIpc) is 2.92. The van der Waals surface area contributed by atoms with E-state index in [1.807, 2.05) is 18.2 Å². The Labute approximate surface area is 149 Å². The molecule has 1 unspecified atom stereocenters. The zero-order valence-corrected chi connectivity index (χ0v) is 15.2. The van der Waals surface area contributed by atoms with Crippen molar-refractivity contribution in [3.8, 4) is 0 Å². The standard InChI is InChI=1S/C18H19N3OS2/c1-20-9-8-13-14(11-20)24-16-15(13)17(22)21(18(23)19-16)10-7-12-5-3-2-4-6-12/h2-6H,7-11H2,1H3,(H,19,23)/p+1. The van der Waals surface area contributed by atoms with Gasteiger partial charge in [0.05, 0.1) is 23.9 Å². The van der Waals surface area contributed by atoms with E-state index in [4.69, 9.17) is 12.2 Å². The number of aromatic amines is 1. The monoisotopic (exact) mass is 358 g/mol. The molecule has 0 spiro atoms. The van der Waals surface area contributed by atoms with Crippen LogP contribution >= 0.6 is 23.6 Å². The van der Waals surface area contributed by atoms with Gasteiger partial charge in [-0.15, -0.1) is 11.3 Å². The van der Waals surface area contributed by atoms with Crippen molar-refractivity contribution in [3.63, 3.8) is 0 Å². The van der Waals surface area contributed by atoms with E-state index in [2.05, 4.69) is 24.2 Å². The molecular weight excluding hydrogens is 338 g/mol. The lowest BCUT2D eigenvalue weighted by atomic mass is 10.1. The maximum Gasteiger partial charge on any atom is 0.263 e. The molecule has 6 heteroatoms. The fourth-order valence-corrected chi connectivity index (χ4v) is 5.11. The number of fused-ring (bicyclic) bond motifs is 3. The molecule has 124 valence electrons. The molecule has 1 aromatic carbocycles. The first-order chi connectivity index (χ1) is 11.6. The summed E-state index contributed by atoms with van der Waals surface area (Å²) in [5.74, 6) is 0. The van der Waals surface area contributed by atoms with Crippen LogP contribution in [0.25, 0.3) is 10.2 Å². The highest BCUT2D eigenvalue weighted by molar-refractivity contribution is 7.71. The summed E-state index contributed by atoms with van der Waals surface area (Å²) in [6.45, 7) is 2.69. The first-order valence-corrected chi connectivity index (χ1v) is 9.48. The van der Waals surface area contributed by atoms with Gasteiger partial charge in [-0.1, -0.05) is 30.3 Å². The summed E-state index contributed by atoms with van der Waals surface area (Å²) in [5.41, 5.74) is 2.53. The molecule has 1 aliphatic heterocycles. The average molecular weight is 359 g/mol. The minimum absolute atomic E-state index is 0.0711. The van der Waals surface area contributed by atoms with Crippen LogP contribution in [0.1, 0.15) is 16.0 Å². The summed E-state index contributed by atoms with van der Waals surface area (Å²) in [6.07, 6.45) is 1.78. The molecule has 2 N–H and O–H groups in total. The number of quaternary nitrogens is 1. The highest BCUT2D eigenvalue weighted by Crippen LogP contribution is 2.28. The van der Waals surface area contributed by atoms with Gasteiger partial charge < -0.3 is 9.88 Å². The molecule has 0 amide bonds. The molecule has 3 aromatic rings. The first kappa shape index (κ1) is 15.7. The molecule has 1 aliphatic rings. The predicted molar refractivity (Wildman–Crippen MR) is 101 cm³/mol. The zero-order valence-electron chi connectivity index (χ0n) is 13.6. The van der Waals surface area contributed by atoms with Crippen LogP contribution in [0.2, 0.25) is 0 Å². The van der Waals surface area contributed by atoms with Crippen molar-refractivity contribution < 1.29 is 4.90 Å². The summed E-state index contributed by atoms with van der Waals surface area (Å²) in [6, 6.07) is 10.2. The molecule has 0 aliphatic carbocycles. The van der Waals surface area contributed by atoms with E-state index < -0.39 is 0 Å². The van der Waals surface area contributed by atoms with Gasteiger partial charge in [-0.05, 0) is 29.8 Å². The number of aryl methyl sites for hydroxylation is 1. The summed E-state index contributed by atoms with van der Waals surface area (Å²) >= 11 is 7.15. The predicted octanol–water partition coefficient (Wildman–Crippen LogP) is 1.93. The number of aromatic nitrogens is 2. The molecule has 1 atom stereocenters. The van der Waals surface area contributed by atoms with Crippen LogP contribution in [-0.4, -0.2) is 23.1 Å². The number of likely N-dealkylation sites (N-methyl/N-ethyl adjacent to an activating group) is 1. The van der Waals surface area contributed by atoms with E-state index in [1.165, 1.54) is 20.9 Å². The number of thiophene rings is 1. The van der Waals surface area contributed by atoms with Crippen molar-refractivity contribution in [3.05, 3.63) is 61.5 Å². The summed E-state index contributed by atoms with van der Waals surface area (Å²) in [5, 5.41) is 0.865. The molecule has 0 saturated carbocycles. The molecule has 0 saturated heterocycles. The number of hydrogen-bond acceptors (Lipinski definition) is 3. The third kappa shape index (κ3) is 2.75. The van der Waals surface area contributed by atoms with E-state index >= 15 is 0 Å². The maximum absolute atomic E-state index is 13.1. The van der Waals surface area contributed by atoms with Crippen molar-refractivity contribution in [1.29, 1.82) is 0 Å². The summed E-state index contributed by atoms with van der Waals surface area (Å²) < 4.78 is 2.26. The van der Waals surface area contributed by atoms with Crippen molar-refractivity contribution in [1.82, 2.24) is 9.55 Å². The Morgan fingerprint density at radius 2 is 2.12 bits per heavy atom. The Morgan fingerprint density at radius 3 is 2.92 bits per heavy atom. The number of rotatable bonds is 3. The number of nitrogens with one attached hydrogen (secondary N) is 2. The number of H-pyrrole nitrogens is 1. The molecular formula is C18H20N3OS2+. The molecule has 3 heterocycles. The van der Waals surface area contributed by atoms with Crippen molar-refractivity contribution in [2.24, 2.45) is 0 Å². The smallest absolute Gasteiger partial charge is 0.263 e. The van der Waals surface area contributed by atoms with E-state index in [9.17, 15) is 4.79 Å². The Hall–Kier alpha value is -1.76. The molecule has 4 rings (SSSR count). The second-order valence-electron chi connectivity index (χ2n) is 6.46. The van der Waals surface area contributed by atoms with E-state index in [0.29, 0.717) is 11.3 Å². The van der Waals surface area contributed by atoms with Crippen LogP contribution in [0, 0.1) is 4.77 Å². The van der Waals surface area contributed by atoms with Gasteiger partial charge in [0, 0.05) is 13.0 Å². The zero-order chi connectivity index (χ0) is 16.7. The molecule has 4 nitrogen and oxygen atoms in total. The second-order valence-corrected chi connectivity index (χ2v) is 7.96. The summed E-state index contributed by atoms with van der Waals surface area (Å²) in [7, 11) is 2.20. The molecule has 0 fully saturated rings. The number of nitrogens with zero attached hydrogens (tertiary/aromatic N) is 1. The van der Waals surface area contributed by atoms with Gasteiger partial charge in [-0.3, -0.25) is 9.36 Å². The minimum atomic E-state index is 0.0711. The van der Waals surface area contributed by atoms with Gasteiger partial charge in [0.25, 0.3) is 5.56 Å². The Kier molecular flexibility index (Phi) is 4.12. The van der Waals surface area contributed by atoms with Crippen molar-refractivity contribution >= 4 is 33.8 Å². The third-order valence-electron chi connectivity index (χ3n) is 4.75. The summed E-state index contributed by atoms with van der Waals surface area (Å²) in [4.78, 5) is 20.1. The van der Waals surface area contributed by atoms with Gasteiger partial charge in [-0.2, -0.15) is 0 Å². The molecule has 0 radical (unpaired) electrons. The fourth-order valence-electron chi connectivity index (χ4n) is 3.42. The molecule has 0 bridgehead atoms. The second kappa shape index (κ2) is 6.27. The Bertz CT molecular complexity index is 1000. The Balaban J connectivity index is 1.76. The van der Waals surface area contributed by atoms with Gasteiger partial charge in [0.2, 0.25) is 0 Å². The van der Waals surface area contributed by atoms with Gasteiger partial charge in [0.15, 0.2) is 4.77 Å². The van der Waals surface area contributed by atoms with Crippen LogP contribution in [0.5, 0.6) is 0 Å². The van der Waals surface area contributed by atoms with E-state index in [1.54, 1.807) is 15.9 Å². The molecule has 24 heavy (non-hydrogen) atoms. The van der Waals surface area contributed by atoms with Gasteiger partial charge >= 0.3 is 0 Å². The normalized spacial score (nSPS) is 17.1. The third-order valence-corrected chi connectivity index (χ3v) is 6.22. The fraction of sp³-hybridized carbons (Fsp3) is 0.333. The van der Waals surface area contributed by atoms with Crippen LogP contribution in [0.3, 0.4) is 0 Å². The number of hydrogen-bond donors (Lipinski definition) is 2.